The number of urea groups is 1. The van der Waals surface area contributed by atoms with Crippen molar-refractivity contribution < 1.29 is 18.1 Å². The molecule has 2 amide bonds. The van der Waals surface area contributed by atoms with E-state index in [4.69, 9.17) is 8.94 Å². The van der Waals surface area contributed by atoms with Crippen LogP contribution in [0.15, 0.2) is 39.6 Å². The van der Waals surface area contributed by atoms with Crippen LogP contribution in [0.4, 0.5) is 15.0 Å². The number of carbonyl (C=O) groups excluding carboxylic acids is 1. The van der Waals surface area contributed by atoms with E-state index in [1.807, 2.05) is 0 Å². The first-order chi connectivity index (χ1) is 11.6. The minimum Gasteiger partial charge on any atom is -0.448 e. The Balaban J connectivity index is 1.69. The third kappa shape index (κ3) is 3.12. The first-order valence-corrected chi connectivity index (χ1v) is 7.21. The summed E-state index contributed by atoms with van der Waals surface area (Å²) in [5.74, 6) is 0.711. The van der Waals surface area contributed by atoms with Gasteiger partial charge < -0.3 is 14.3 Å². The van der Waals surface area contributed by atoms with E-state index in [9.17, 15) is 9.18 Å². The number of hydrogen-bond donors (Lipinski definition) is 2. The predicted octanol–water partition coefficient (Wildman–Crippen LogP) is 3.41. The van der Waals surface area contributed by atoms with Gasteiger partial charge in [-0.25, -0.2) is 14.2 Å². The van der Waals surface area contributed by atoms with Gasteiger partial charge in [-0.3, -0.25) is 5.32 Å². The minimum atomic E-state index is -0.478. The van der Waals surface area contributed by atoms with Crippen LogP contribution < -0.4 is 10.6 Å². The van der Waals surface area contributed by atoms with Crippen LogP contribution >= 0.6 is 0 Å². The van der Waals surface area contributed by atoms with Crippen molar-refractivity contribution in [3.05, 3.63) is 53.5 Å². The Morgan fingerprint density at radius 1 is 1.29 bits per heavy atom. The number of benzene rings is 1. The Labute approximate surface area is 136 Å². The molecule has 3 aromatic rings. The van der Waals surface area contributed by atoms with Crippen LogP contribution in [-0.4, -0.2) is 16.2 Å². The van der Waals surface area contributed by atoms with Crippen molar-refractivity contribution in [2.24, 2.45) is 0 Å². The molecule has 124 valence electrons. The second-order valence-corrected chi connectivity index (χ2v) is 5.13. The van der Waals surface area contributed by atoms with E-state index in [2.05, 4.69) is 20.8 Å². The highest BCUT2D eigenvalue weighted by Gasteiger charge is 2.18. The smallest absolute Gasteiger partial charge is 0.320 e. The molecule has 0 fully saturated rings. The van der Waals surface area contributed by atoms with E-state index in [1.165, 1.54) is 12.5 Å². The van der Waals surface area contributed by atoms with Crippen molar-refractivity contribution in [1.29, 1.82) is 0 Å². The lowest BCUT2D eigenvalue weighted by atomic mass is 10.1. The minimum absolute atomic E-state index is 0.214. The Kier molecular flexibility index (Phi) is 4.28. The van der Waals surface area contributed by atoms with Crippen molar-refractivity contribution in [1.82, 2.24) is 15.5 Å². The average molecular weight is 330 g/mol. The monoisotopic (exact) mass is 330 g/mol. The number of amides is 2. The lowest BCUT2D eigenvalue weighted by Crippen LogP contribution is -2.28. The number of rotatable bonds is 4. The second-order valence-electron chi connectivity index (χ2n) is 5.13. The number of aromatic nitrogens is 2. The number of anilines is 1. The SMILES string of the molecule is Cc1ocnc1CNC(=O)Nc1noc(-c2ccccc2F)c1C. The Bertz CT molecular complexity index is 872. The third-order valence-electron chi connectivity index (χ3n) is 3.54. The molecule has 0 unspecified atom stereocenters. The van der Waals surface area contributed by atoms with Gasteiger partial charge in [-0.05, 0) is 26.0 Å². The average Bonchev–Trinajstić information content (AvgIpc) is 3.13. The first kappa shape index (κ1) is 15.7. The molecular weight excluding hydrogens is 315 g/mol. The zero-order valence-electron chi connectivity index (χ0n) is 13.1. The van der Waals surface area contributed by atoms with Gasteiger partial charge in [0.15, 0.2) is 18.0 Å². The maximum Gasteiger partial charge on any atom is 0.320 e. The molecule has 0 aliphatic rings. The van der Waals surface area contributed by atoms with Gasteiger partial charge in [-0.1, -0.05) is 17.3 Å². The summed E-state index contributed by atoms with van der Waals surface area (Å²) in [5, 5.41) is 8.99. The standard InChI is InChI=1S/C16H15FN4O3/c1-9-14(11-5-3-4-6-12(11)17)24-21-15(9)20-16(22)18-7-13-10(2)23-8-19-13/h3-6,8H,7H2,1-2H3,(H2,18,20,21,22). The fourth-order valence-corrected chi connectivity index (χ4v) is 2.16. The first-order valence-electron chi connectivity index (χ1n) is 7.21. The zero-order valence-corrected chi connectivity index (χ0v) is 13.1. The molecule has 0 saturated carbocycles. The van der Waals surface area contributed by atoms with E-state index in [0.29, 0.717) is 17.0 Å². The maximum atomic E-state index is 13.8. The predicted molar refractivity (Wildman–Crippen MR) is 83.7 cm³/mol. The number of aryl methyl sites for hydroxylation is 1. The summed E-state index contributed by atoms with van der Waals surface area (Å²) in [6.45, 7) is 3.66. The topological polar surface area (TPSA) is 93.2 Å². The van der Waals surface area contributed by atoms with Crippen LogP contribution in [-0.2, 0) is 6.54 Å². The molecule has 0 saturated heterocycles. The van der Waals surface area contributed by atoms with Crippen molar-refractivity contribution in [2.45, 2.75) is 20.4 Å². The number of halogens is 1. The van der Waals surface area contributed by atoms with Gasteiger partial charge in [0.25, 0.3) is 0 Å². The fraction of sp³-hybridized carbons (Fsp3) is 0.188. The lowest BCUT2D eigenvalue weighted by Gasteiger charge is -2.04. The molecule has 0 aliphatic heterocycles. The third-order valence-corrected chi connectivity index (χ3v) is 3.54. The summed E-state index contributed by atoms with van der Waals surface area (Å²) in [4.78, 5) is 15.9. The van der Waals surface area contributed by atoms with E-state index >= 15 is 0 Å². The number of hydrogen-bond acceptors (Lipinski definition) is 5. The molecule has 8 heteroatoms. The van der Waals surface area contributed by atoms with E-state index in [-0.39, 0.29) is 23.7 Å². The second kappa shape index (κ2) is 6.53. The molecule has 0 atom stereocenters. The van der Waals surface area contributed by atoms with Crippen molar-refractivity contribution in [3.8, 4) is 11.3 Å². The molecule has 24 heavy (non-hydrogen) atoms. The van der Waals surface area contributed by atoms with Crippen molar-refractivity contribution >= 4 is 11.8 Å². The van der Waals surface area contributed by atoms with Gasteiger partial charge in [-0.2, -0.15) is 0 Å². The van der Waals surface area contributed by atoms with Crippen molar-refractivity contribution in [2.75, 3.05) is 5.32 Å². The largest absolute Gasteiger partial charge is 0.448 e. The number of nitrogens with zero attached hydrogens (tertiary/aromatic N) is 2. The summed E-state index contributed by atoms with van der Waals surface area (Å²) >= 11 is 0. The summed E-state index contributed by atoms with van der Waals surface area (Å²) in [7, 11) is 0. The van der Waals surface area contributed by atoms with Gasteiger partial charge in [0, 0.05) is 5.56 Å². The maximum absolute atomic E-state index is 13.8. The Morgan fingerprint density at radius 3 is 2.79 bits per heavy atom. The molecule has 0 spiro atoms. The summed E-state index contributed by atoms with van der Waals surface area (Å²) < 4.78 is 24.1. The fourth-order valence-electron chi connectivity index (χ4n) is 2.16. The number of oxazole rings is 1. The molecule has 2 heterocycles. The lowest BCUT2D eigenvalue weighted by molar-refractivity contribution is 0.251. The van der Waals surface area contributed by atoms with Crippen LogP contribution in [0.2, 0.25) is 0 Å². The highest BCUT2D eigenvalue weighted by atomic mass is 19.1. The van der Waals surface area contributed by atoms with E-state index in [1.54, 1.807) is 32.0 Å². The van der Waals surface area contributed by atoms with Gasteiger partial charge in [0.05, 0.1) is 12.1 Å². The molecule has 2 N–H and O–H groups in total. The van der Waals surface area contributed by atoms with Gasteiger partial charge in [0.1, 0.15) is 17.3 Å². The van der Waals surface area contributed by atoms with Crippen LogP contribution in [0.1, 0.15) is 17.0 Å². The molecule has 1 aromatic carbocycles. The number of nitrogens with one attached hydrogen (secondary N) is 2. The molecule has 3 rings (SSSR count). The van der Waals surface area contributed by atoms with Crippen molar-refractivity contribution in [3.63, 3.8) is 0 Å². The van der Waals surface area contributed by atoms with Crippen LogP contribution in [0, 0.1) is 19.7 Å². The van der Waals surface area contributed by atoms with Crippen LogP contribution in [0.5, 0.6) is 0 Å². The highest BCUT2D eigenvalue weighted by Crippen LogP contribution is 2.30. The highest BCUT2D eigenvalue weighted by molar-refractivity contribution is 5.89. The summed E-state index contributed by atoms with van der Waals surface area (Å²) in [6, 6.07) is 5.72. The number of carbonyl (C=O) groups is 1. The molecule has 7 nitrogen and oxygen atoms in total. The van der Waals surface area contributed by atoms with Crippen LogP contribution in [0.25, 0.3) is 11.3 Å². The Morgan fingerprint density at radius 2 is 2.08 bits per heavy atom. The summed E-state index contributed by atoms with van der Waals surface area (Å²) in [5.41, 5.74) is 1.45. The van der Waals surface area contributed by atoms with Crippen LogP contribution in [0.3, 0.4) is 0 Å². The van der Waals surface area contributed by atoms with Gasteiger partial charge in [0.2, 0.25) is 0 Å². The molecule has 0 radical (unpaired) electrons. The summed E-state index contributed by atoms with van der Waals surface area (Å²) in [6.07, 6.45) is 1.31. The molecule has 2 aromatic heterocycles. The quantitative estimate of drug-likeness (QED) is 0.764. The van der Waals surface area contributed by atoms with E-state index in [0.717, 1.165) is 0 Å². The molecule has 0 aliphatic carbocycles. The zero-order chi connectivity index (χ0) is 17.1. The normalized spacial score (nSPS) is 10.6. The van der Waals surface area contributed by atoms with Gasteiger partial charge in [-0.15, -0.1) is 0 Å². The Hall–Kier alpha value is -3.16. The van der Waals surface area contributed by atoms with Gasteiger partial charge >= 0.3 is 6.03 Å². The molecular formula is C16H15FN4O3. The van der Waals surface area contributed by atoms with E-state index < -0.39 is 11.8 Å². The molecule has 0 bridgehead atoms.